The van der Waals surface area contributed by atoms with Crippen molar-refractivity contribution in [2.45, 2.75) is 32.8 Å². The Morgan fingerprint density at radius 1 is 1.24 bits per heavy atom. The first kappa shape index (κ1) is 19.5. The maximum atomic E-state index is 12.3. The summed E-state index contributed by atoms with van der Waals surface area (Å²) in [7, 11) is 0. The second-order valence-corrected chi connectivity index (χ2v) is 7.65. The first-order valence-electron chi connectivity index (χ1n) is 10.2. The number of hydrogen-bond donors (Lipinski definition) is 1. The molecule has 0 unspecified atom stereocenters. The Hall–Kier alpha value is -2.86. The van der Waals surface area contributed by atoms with E-state index in [9.17, 15) is 4.79 Å². The number of hydrogen-bond acceptors (Lipinski definition) is 4. The van der Waals surface area contributed by atoms with Gasteiger partial charge in [0.05, 0.1) is 5.69 Å². The van der Waals surface area contributed by atoms with Gasteiger partial charge in [-0.25, -0.2) is 4.98 Å². The molecule has 2 aromatic heterocycles. The minimum absolute atomic E-state index is 0.0964. The molecule has 2 heterocycles. The van der Waals surface area contributed by atoms with Crippen LogP contribution in [0, 0.1) is 12.8 Å². The van der Waals surface area contributed by atoms with E-state index in [0.717, 1.165) is 30.3 Å². The summed E-state index contributed by atoms with van der Waals surface area (Å²) in [5, 5.41) is 2.94. The van der Waals surface area contributed by atoms with Gasteiger partial charge in [0.1, 0.15) is 18.0 Å². The zero-order valence-electron chi connectivity index (χ0n) is 16.8. The van der Waals surface area contributed by atoms with Gasteiger partial charge in [0.2, 0.25) is 0 Å². The van der Waals surface area contributed by atoms with Gasteiger partial charge in [-0.1, -0.05) is 12.1 Å². The molecule has 0 atom stereocenters. The Bertz CT molecular complexity index is 978. The summed E-state index contributed by atoms with van der Waals surface area (Å²) in [4.78, 5) is 16.9. The van der Waals surface area contributed by atoms with Crippen molar-refractivity contribution in [3.05, 3.63) is 65.6 Å². The minimum atomic E-state index is -0.0964. The summed E-state index contributed by atoms with van der Waals surface area (Å²) in [5.41, 5.74) is 3.50. The number of amides is 1. The van der Waals surface area contributed by atoms with Crippen LogP contribution in [0.4, 0.5) is 0 Å². The van der Waals surface area contributed by atoms with E-state index >= 15 is 0 Å². The van der Waals surface area contributed by atoms with Crippen molar-refractivity contribution >= 4 is 11.6 Å². The number of nitrogens with one attached hydrogen (secondary N) is 1. The molecule has 1 aliphatic carbocycles. The maximum Gasteiger partial charge on any atom is 0.251 e. The molecule has 0 saturated heterocycles. The molecule has 152 valence electrons. The minimum Gasteiger partial charge on any atom is -0.487 e. The fourth-order valence-electron chi connectivity index (χ4n) is 3.12. The Morgan fingerprint density at radius 3 is 3.00 bits per heavy atom. The molecule has 1 amide bonds. The molecule has 1 aliphatic rings. The van der Waals surface area contributed by atoms with Crippen molar-refractivity contribution in [3.63, 3.8) is 0 Å². The van der Waals surface area contributed by atoms with Gasteiger partial charge in [-0.05, 0) is 61.9 Å². The molecule has 29 heavy (non-hydrogen) atoms. The van der Waals surface area contributed by atoms with Gasteiger partial charge in [0.15, 0.2) is 0 Å². The van der Waals surface area contributed by atoms with Crippen LogP contribution in [-0.4, -0.2) is 35.1 Å². The first-order chi connectivity index (χ1) is 14.2. The van der Waals surface area contributed by atoms with Crippen LogP contribution in [0.3, 0.4) is 0 Å². The van der Waals surface area contributed by atoms with Crippen LogP contribution < -0.4 is 10.1 Å². The van der Waals surface area contributed by atoms with Gasteiger partial charge in [0.25, 0.3) is 5.91 Å². The maximum absolute atomic E-state index is 12.3. The molecule has 1 aromatic carbocycles. The van der Waals surface area contributed by atoms with Crippen LogP contribution in [0.1, 0.15) is 40.9 Å². The van der Waals surface area contributed by atoms with Crippen LogP contribution in [-0.2, 0) is 11.3 Å². The molecule has 4 rings (SSSR count). The third-order valence-corrected chi connectivity index (χ3v) is 4.93. The lowest BCUT2D eigenvalue weighted by atomic mass is 10.2. The molecule has 6 heteroatoms. The molecule has 6 nitrogen and oxygen atoms in total. The number of fused-ring (bicyclic) bond motifs is 1. The Labute approximate surface area is 170 Å². The molecular weight excluding hydrogens is 366 g/mol. The average Bonchev–Trinajstić information content (AvgIpc) is 3.46. The third kappa shape index (κ3) is 5.57. The number of carbonyl (C=O) groups is 1. The summed E-state index contributed by atoms with van der Waals surface area (Å²) in [6.45, 7) is 4.56. The van der Waals surface area contributed by atoms with Crippen LogP contribution in [0.5, 0.6) is 5.75 Å². The van der Waals surface area contributed by atoms with Crippen LogP contribution in [0.2, 0.25) is 0 Å². The summed E-state index contributed by atoms with van der Waals surface area (Å²) in [5.74, 6) is 1.33. The van der Waals surface area contributed by atoms with Gasteiger partial charge in [-0.2, -0.15) is 0 Å². The lowest BCUT2D eigenvalue weighted by Crippen LogP contribution is -2.25. The largest absolute Gasteiger partial charge is 0.487 e. The van der Waals surface area contributed by atoms with Crippen molar-refractivity contribution in [1.82, 2.24) is 14.7 Å². The smallest absolute Gasteiger partial charge is 0.251 e. The third-order valence-electron chi connectivity index (χ3n) is 4.93. The van der Waals surface area contributed by atoms with Crippen molar-refractivity contribution < 1.29 is 14.3 Å². The highest BCUT2D eigenvalue weighted by Gasteiger charge is 2.20. The Kier molecular flexibility index (Phi) is 6.10. The summed E-state index contributed by atoms with van der Waals surface area (Å²) in [6.07, 6.45) is 7.41. The van der Waals surface area contributed by atoms with Crippen molar-refractivity contribution in [1.29, 1.82) is 0 Å². The van der Waals surface area contributed by atoms with E-state index in [0.29, 0.717) is 31.1 Å². The highest BCUT2D eigenvalue weighted by Crippen LogP contribution is 2.28. The summed E-state index contributed by atoms with van der Waals surface area (Å²) < 4.78 is 13.4. The van der Waals surface area contributed by atoms with Crippen LogP contribution in [0.15, 0.2) is 48.8 Å². The molecule has 0 bridgehead atoms. The number of imidazole rings is 1. The van der Waals surface area contributed by atoms with E-state index < -0.39 is 0 Å². The predicted molar refractivity (Wildman–Crippen MR) is 111 cm³/mol. The van der Waals surface area contributed by atoms with E-state index in [1.54, 1.807) is 12.1 Å². The number of aromatic nitrogens is 2. The zero-order chi connectivity index (χ0) is 20.1. The molecule has 1 fully saturated rings. The van der Waals surface area contributed by atoms with Gasteiger partial charge in [-0.3, -0.25) is 4.79 Å². The van der Waals surface area contributed by atoms with Crippen molar-refractivity contribution in [3.8, 4) is 5.75 Å². The number of rotatable bonds is 10. The first-order valence-corrected chi connectivity index (χ1v) is 10.2. The van der Waals surface area contributed by atoms with Crippen molar-refractivity contribution in [2.75, 3.05) is 19.8 Å². The van der Waals surface area contributed by atoms with E-state index in [4.69, 9.17) is 9.47 Å². The highest BCUT2D eigenvalue weighted by molar-refractivity contribution is 5.94. The van der Waals surface area contributed by atoms with E-state index in [2.05, 4.69) is 10.3 Å². The molecule has 1 N–H and O–H groups in total. The predicted octanol–water partition coefficient (Wildman–Crippen LogP) is 3.77. The second kappa shape index (κ2) is 9.09. The number of nitrogens with zero attached hydrogens (tertiary/aromatic N) is 2. The molecule has 0 spiro atoms. The fourth-order valence-corrected chi connectivity index (χ4v) is 3.12. The zero-order valence-corrected chi connectivity index (χ0v) is 16.8. The van der Waals surface area contributed by atoms with Gasteiger partial charge >= 0.3 is 0 Å². The number of pyridine rings is 1. The quantitative estimate of drug-likeness (QED) is 0.533. The number of ether oxygens (including phenoxy) is 2. The normalized spacial score (nSPS) is 13.6. The fraction of sp³-hybridized carbons (Fsp3) is 0.391. The molecule has 0 aliphatic heterocycles. The topological polar surface area (TPSA) is 64.9 Å². The highest BCUT2D eigenvalue weighted by atomic mass is 16.5. The SMILES string of the molecule is Cc1ccc2nc(COc3cccc(C(=O)NCCCOCC4CC4)c3)cn2c1. The number of carbonyl (C=O) groups excluding carboxylic acids is 1. The number of benzene rings is 1. The second-order valence-electron chi connectivity index (χ2n) is 7.65. The van der Waals surface area contributed by atoms with Gasteiger partial charge in [-0.15, -0.1) is 0 Å². The Morgan fingerprint density at radius 2 is 2.14 bits per heavy atom. The Balaban J connectivity index is 1.25. The number of aryl methyl sites for hydroxylation is 1. The molecule has 3 aromatic rings. The molecular formula is C23H27N3O3. The standard InChI is InChI=1S/C23H27N3O3/c1-17-6-9-22-25-20(14-26(22)13-17)16-29-21-5-2-4-19(12-21)23(27)24-10-3-11-28-15-18-7-8-18/h2,4-6,9,12-14,18H,3,7-8,10-11,15-16H2,1H3,(H,24,27). The van der Waals surface area contributed by atoms with E-state index in [-0.39, 0.29) is 5.91 Å². The van der Waals surface area contributed by atoms with E-state index in [1.165, 1.54) is 18.4 Å². The lowest BCUT2D eigenvalue weighted by molar-refractivity contribution is 0.0937. The average molecular weight is 393 g/mol. The lowest BCUT2D eigenvalue weighted by Gasteiger charge is -2.08. The molecule has 0 radical (unpaired) electrons. The monoisotopic (exact) mass is 393 g/mol. The summed E-state index contributed by atoms with van der Waals surface area (Å²) in [6, 6.07) is 11.3. The van der Waals surface area contributed by atoms with Crippen LogP contribution >= 0.6 is 0 Å². The van der Waals surface area contributed by atoms with Crippen molar-refractivity contribution in [2.24, 2.45) is 5.92 Å². The van der Waals surface area contributed by atoms with Crippen LogP contribution in [0.25, 0.3) is 5.65 Å². The van der Waals surface area contributed by atoms with Gasteiger partial charge in [0, 0.05) is 37.7 Å². The van der Waals surface area contributed by atoms with E-state index in [1.807, 2.05) is 48.0 Å². The molecule has 1 saturated carbocycles. The summed E-state index contributed by atoms with van der Waals surface area (Å²) >= 11 is 0. The van der Waals surface area contributed by atoms with Gasteiger partial charge < -0.3 is 19.2 Å².